The van der Waals surface area contributed by atoms with Gasteiger partial charge in [-0.05, 0) is 30.0 Å². The molecular weight excluding hydrogens is 432 g/mol. The number of carbonyl (C=O) groups is 2. The molecule has 4 rings (SSSR count). The van der Waals surface area contributed by atoms with Gasteiger partial charge in [-0.25, -0.2) is 0 Å². The van der Waals surface area contributed by atoms with Crippen LogP contribution in [0.2, 0.25) is 0 Å². The van der Waals surface area contributed by atoms with Gasteiger partial charge in [0.05, 0.1) is 13.6 Å². The third-order valence-corrected chi connectivity index (χ3v) is 7.19. The first-order chi connectivity index (χ1) is 16.4. The number of hydrogen-bond donors (Lipinski definition) is 1. The molecule has 3 atom stereocenters. The Morgan fingerprint density at radius 1 is 1.09 bits per heavy atom. The van der Waals surface area contributed by atoms with Crippen molar-refractivity contribution < 1.29 is 23.9 Å². The van der Waals surface area contributed by atoms with Crippen LogP contribution in [0.4, 0.5) is 5.82 Å². The Labute approximate surface area is 200 Å². The summed E-state index contributed by atoms with van der Waals surface area (Å²) in [5.74, 6) is -0.698. The number of benzene rings is 1. The molecule has 1 aliphatic carbocycles. The smallest absolute Gasteiger partial charge is 0.300 e. The molecule has 8 heteroatoms. The molecule has 182 valence electrons. The fourth-order valence-corrected chi connectivity index (χ4v) is 5.47. The zero-order valence-electron chi connectivity index (χ0n) is 19.8. The Morgan fingerprint density at radius 3 is 2.56 bits per heavy atom. The highest BCUT2D eigenvalue weighted by molar-refractivity contribution is 5.90. The molecule has 8 nitrogen and oxygen atoms in total. The topological polar surface area (TPSA) is 104 Å². The SMILES string of the molecule is C[N@@+]1(CC(=O)Nc2cccnn2)CCCC(OC(=O)C([O-])(c2ccccc2)C2CCCCC2)C1. The molecule has 2 unspecified atom stereocenters. The number of anilines is 1. The van der Waals surface area contributed by atoms with Gasteiger partial charge in [0, 0.05) is 18.2 Å². The van der Waals surface area contributed by atoms with Crippen molar-refractivity contribution in [1.82, 2.24) is 10.2 Å². The zero-order chi connectivity index (χ0) is 24.0. The lowest BCUT2D eigenvalue weighted by molar-refractivity contribution is -0.909. The van der Waals surface area contributed by atoms with Gasteiger partial charge < -0.3 is 19.6 Å². The number of piperidine rings is 1. The lowest BCUT2D eigenvalue weighted by atomic mass is 9.73. The molecule has 2 heterocycles. The number of quaternary nitrogens is 1. The summed E-state index contributed by atoms with van der Waals surface area (Å²) in [7, 11) is 1.99. The van der Waals surface area contributed by atoms with E-state index < -0.39 is 17.7 Å². The molecule has 1 amide bonds. The van der Waals surface area contributed by atoms with Crippen LogP contribution in [0.3, 0.4) is 0 Å². The molecular formula is C26H34N4O4. The highest BCUT2D eigenvalue weighted by Crippen LogP contribution is 2.39. The minimum atomic E-state index is -1.90. The van der Waals surface area contributed by atoms with E-state index in [-0.39, 0.29) is 18.4 Å². The molecule has 2 aliphatic rings. The molecule has 1 saturated carbocycles. The molecule has 34 heavy (non-hydrogen) atoms. The van der Waals surface area contributed by atoms with E-state index in [0.29, 0.717) is 28.8 Å². The quantitative estimate of drug-likeness (QED) is 0.496. The standard InChI is InChI=1S/C26H34N4O4/c1-30(19-24(31)28-23-15-8-16-27-29-23)17-9-14-22(18-30)34-25(32)26(33,20-10-4-2-5-11-20)21-12-6-3-7-13-21/h2,4-5,8,10-11,15-16,21-22H,3,6-7,9,12-14,17-19H2,1H3,(H,28,29,31)/t22?,26?,30-/m1/s1. The normalized spacial score (nSPS) is 25.2. The minimum Gasteiger partial charge on any atom is -0.837 e. The van der Waals surface area contributed by atoms with Crippen molar-refractivity contribution in [2.45, 2.75) is 56.7 Å². The predicted octanol–water partition coefficient (Wildman–Crippen LogP) is 2.40. The molecule has 1 aliphatic heterocycles. The van der Waals surface area contributed by atoms with Gasteiger partial charge >= 0.3 is 5.97 Å². The van der Waals surface area contributed by atoms with E-state index >= 15 is 0 Å². The summed E-state index contributed by atoms with van der Waals surface area (Å²) in [4.78, 5) is 26.1. The fraction of sp³-hybridized carbons (Fsp3) is 0.538. The number of amides is 1. The van der Waals surface area contributed by atoms with Crippen LogP contribution >= 0.6 is 0 Å². The molecule has 0 radical (unpaired) electrons. The van der Waals surface area contributed by atoms with Crippen LogP contribution in [-0.2, 0) is 19.9 Å². The third-order valence-electron chi connectivity index (χ3n) is 7.19. The van der Waals surface area contributed by atoms with Gasteiger partial charge in [0.2, 0.25) is 0 Å². The van der Waals surface area contributed by atoms with E-state index in [9.17, 15) is 14.7 Å². The second-order valence-corrected chi connectivity index (χ2v) is 9.95. The molecule has 1 saturated heterocycles. The summed E-state index contributed by atoms with van der Waals surface area (Å²) >= 11 is 0. The fourth-order valence-electron chi connectivity index (χ4n) is 5.47. The van der Waals surface area contributed by atoms with E-state index in [4.69, 9.17) is 4.74 Å². The van der Waals surface area contributed by atoms with Crippen LogP contribution in [0.25, 0.3) is 0 Å². The second-order valence-electron chi connectivity index (χ2n) is 9.95. The Balaban J connectivity index is 1.44. The van der Waals surface area contributed by atoms with Gasteiger partial charge in [-0.3, -0.25) is 9.59 Å². The summed E-state index contributed by atoms with van der Waals surface area (Å²) in [5.41, 5.74) is -1.41. The highest BCUT2D eigenvalue weighted by Gasteiger charge is 2.41. The molecule has 0 bridgehead atoms. The summed E-state index contributed by atoms with van der Waals surface area (Å²) in [6.07, 6.45) is 7.19. The summed E-state index contributed by atoms with van der Waals surface area (Å²) < 4.78 is 6.37. The monoisotopic (exact) mass is 466 g/mol. The Morgan fingerprint density at radius 2 is 1.85 bits per heavy atom. The Kier molecular flexibility index (Phi) is 7.58. The maximum Gasteiger partial charge on any atom is 0.300 e. The molecule has 0 spiro atoms. The first-order valence-corrected chi connectivity index (χ1v) is 12.3. The zero-order valence-corrected chi connectivity index (χ0v) is 19.8. The van der Waals surface area contributed by atoms with Gasteiger partial charge in [0.1, 0.15) is 6.54 Å². The number of rotatable bonds is 7. The van der Waals surface area contributed by atoms with Crippen molar-refractivity contribution in [3.8, 4) is 0 Å². The number of likely N-dealkylation sites (N-methyl/N-ethyl adjacent to an activating group) is 1. The average Bonchev–Trinajstić information content (AvgIpc) is 2.85. The largest absolute Gasteiger partial charge is 0.837 e. The number of esters is 1. The van der Waals surface area contributed by atoms with Crippen LogP contribution < -0.4 is 10.4 Å². The summed E-state index contributed by atoms with van der Waals surface area (Å²) in [5, 5.41) is 24.7. The Hall–Kier alpha value is -2.84. The van der Waals surface area contributed by atoms with E-state index in [2.05, 4.69) is 15.5 Å². The van der Waals surface area contributed by atoms with Crippen LogP contribution in [-0.4, -0.2) is 59.3 Å². The molecule has 2 fully saturated rings. The lowest BCUT2D eigenvalue weighted by Crippen LogP contribution is -2.59. The van der Waals surface area contributed by atoms with E-state index in [0.717, 1.165) is 45.1 Å². The van der Waals surface area contributed by atoms with Gasteiger partial charge in [-0.1, -0.05) is 62.4 Å². The third kappa shape index (κ3) is 5.62. The average molecular weight is 467 g/mol. The van der Waals surface area contributed by atoms with Crippen LogP contribution in [0.1, 0.15) is 50.5 Å². The minimum absolute atomic E-state index is 0.167. The first-order valence-electron chi connectivity index (χ1n) is 12.3. The van der Waals surface area contributed by atoms with E-state index in [1.165, 1.54) is 0 Å². The molecule has 1 aromatic carbocycles. The van der Waals surface area contributed by atoms with Crippen molar-refractivity contribution in [1.29, 1.82) is 0 Å². The van der Waals surface area contributed by atoms with Gasteiger partial charge in [0.25, 0.3) is 5.91 Å². The number of nitrogens with one attached hydrogen (secondary N) is 1. The van der Waals surface area contributed by atoms with Crippen LogP contribution in [0.5, 0.6) is 0 Å². The summed E-state index contributed by atoms with van der Waals surface area (Å²) in [6.45, 7) is 1.52. The number of nitrogens with zero attached hydrogens (tertiary/aromatic N) is 3. The van der Waals surface area contributed by atoms with Crippen molar-refractivity contribution in [2.24, 2.45) is 5.92 Å². The molecule has 1 aromatic heterocycles. The number of aromatic nitrogens is 2. The first kappa shape index (κ1) is 24.3. The maximum absolute atomic E-state index is 14.2. The van der Waals surface area contributed by atoms with E-state index in [1.54, 1.807) is 30.5 Å². The number of hydrogen-bond acceptors (Lipinski definition) is 6. The highest BCUT2D eigenvalue weighted by atomic mass is 16.6. The van der Waals surface area contributed by atoms with Crippen molar-refractivity contribution in [2.75, 3.05) is 32.0 Å². The van der Waals surface area contributed by atoms with E-state index in [1.807, 2.05) is 25.2 Å². The van der Waals surface area contributed by atoms with Crippen LogP contribution in [0.15, 0.2) is 48.7 Å². The predicted molar refractivity (Wildman–Crippen MR) is 125 cm³/mol. The maximum atomic E-state index is 14.2. The molecule has 1 N–H and O–H groups in total. The van der Waals surface area contributed by atoms with Gasteiger partial charge in [-0.15, -0.1) is 5.10 Å². The van der Waals surface area contributed by atoms with Gasteiger partial charge in [-0.2, -0.15) is 5.10 Å². The van der Waals surface area contributed by atoms with Gasteiger partial charge in [0.15, 0.2) is 18.5 Å². The van der Waals surface area contributed by atoms with Crippen molar-refractivity contribution in [3.05, 3.63) is 54.2 Å². The number of ether oxygens (including phenoxy) is 1. The number of carbonyl (C=O) groups excluding carboxylic acids is 2. The number of likely N-dealkylation sites (tertiary alicyclic amines) is 1. The molecule has 2 aromatic rings. The summed E-state index contributed by atoms with van der Waals surface area (Å²) in [6, 6.07) is 12.4. The van der Waals surface area contributed by atoms with Crippen molar-refractivity contribution >= 4 is 17.7 Å². The van der Waals surface area contributed by atoms with Crippen molar-refractivity contribution in [3.63, 3.8) is 0 Å². The second kappa shape index (κ2) is 10.6. The lowest BCUT2D eigenvalue weighted by Gasteiger charge is -2.48. The van der Waals surface area contributed by atoms with Crippen LogP contribution in [0, 0.1) is 5.92 Å². The Bertz CT molecular complexity index is 967.